The summed E-state index contributed by atoms with van der Waals surface area (Å²) in [5.74, 6) is 0.00278. The summed E-state index contributed by atoms with van der Waals surface area (Å²) in [6.07, 6.45) is 3.00. The number of furan rings is 1. The Bertz CT molecular complexity index is 919. The Hall–Kier alpha value is -3.42. The molecule has 4 rings (SSSR count). The standard InChI is InChI=1S/C17H15N5O3/c1-17(14-8-5-9-25-14)15(23)21(16(24)19-17)11-12-10-18-22(20-12)13-6-3-2-4-7-13/h2-10H,11H2,1H3,(H,19,24). The zero-order chi connectivity index (χ0) is 17.4. The van der Waals surface area contributed by atoms with Crippen molar-refractivity contribution < 1.29 is 14.0 Å². The van der Waals surface area contributed by atoms with Crippen LogP contribution in [0.2, 0.25) is 0 Å². The van der Waals surface area contributed by atoms with Gasteiger partial charge >= 0.3 is 6.03 Å². The van der Waals surface area contributed by atoms with Crippen LogP contribution in [-0.4, -0.2) is 31.8 Å². The number of amides is 3. The molecule has 0 spiro atoms. The number of para-hydroxylation sites is 1. The number of hydrogen-bond acceptors (Lipinski definition) is 5. The maximum atomic E-state index is 12.7. The summed E-state index contributed by atoms with van der Waals surface area (Å²) in [4.78, 5) is 27.6. The lowest BCUT2D eigenvalue weighted by atomic mass is 9.99. The molecule has 1 N–H and O–H groups in total. The highest BCUT2D eigenvalue weighted by molar-refractivity contribution is 6.06. The summed E-state index contributed by atoms with van der Waals surface area (Å²) in [6, 6.07) is 12.2. The third-order valence-corrected chi connectivity index (χ3v) is 4.14. The molecule has 1 fully saturated rings. The maximum absolute atomic E-state index is 12.7. The summed E-state index contributed by atoms with van der Waals surface area (Å²) in [5, 5.41) is 11.2. The minimum atomic E-state index is -1.21. The predicted molar refractivity (Wildman–Crippen MR) is 86.5 cm³/mol. The van der Waals surface area contributed by atoms with Crippen LogP contribution in [0, 0.1) is 0 Å². The monoisotopic (exact) mass is 337 g/mol. The second-order valence-electron chi connectivity index (χ2n) is 5.88. The highest BCUT2D eigenvalue weighted by Gasteiger charge is 2.51. The van der Waals surface area contributed by atoms with Crippen molar-refractivity contribution in [2.24, 2.45) is 0 Å². The van der Waals surface area contributed by atoms with Gasteiger partial charge in [0.15, 0.2) is 5.54 Å². The van der Waals surface area contributed by atoms with Crippen LogP contribution in [0.3, 0.4) is 0 Å². The molecule has 126 valence electrons. The summed E-state index contributed by atoms with van der Waals surface area (Å²) >= 11 is 0. The number of imide groups is 1. The molecule has 0 saturated carbocycles. The van der Waals surface area contributed by atoms with Gasteiger partial charge in [0, 0.05) is 0 Å². The number of nitrogens with zero attached hydrogens (tertiary/aromatic N) is 4. The molecule has 0 bridgehead atoms. The molecule has 25 heavy (non-hydrogen) atoms. The first-order valence-electron chi connectivity index (χ1n) is 7.73. The van der Waals surface area contributed by atoms with E-state index in [1.165, 1.54) is 17.3 Å². The van der Waals surface area contributed by atoms with Crippen LogP contribution in [0.4, 0.5) is 4.79 Å². The molecule has 1 unspecified atom stereocenters. The van der Waals surface area contributed by atoms with Crippen molar-refractivity contribution in [3.63, 3.8) is 0 Å². The van der Waals surface area contributed by atoms with Gasteiger partial charge in [0.25, 0.3) is 5.91 Å². The van der Waals surface area contributed by atoms with Gasteiger partial charge in [-0.3, -0.25) is 9.69 Å². The Morgan fingerprint density at radius 3 is 2.68 bits per heavy atom. The number of carbonyl (C=O) groups is 2. The Labute approximate surface area is 143 Å². The van der Waals surface area contributed by atoms with Crippen molar-refractivity contribution in [2.75, 3.05) is 0 Å². The van der Waals surface area contributed by atoms with Crippen LogP contribution in [0.5, 0.6) is 0 Å². The van der Waals surface area contributed by atoms with Crippen LogP contribution >= 0.6 is 0 Å². The molecule has 1 saturated heterocycles. The molecule has 3 amide bonds. The van der Waals surface area contributed by atoms with Crippen LogP contribution in [0.25, 0.3) is 5.69 Å². The molecule has 3 heterocycles. The molecule has 0 radical (unpaired) electrons. The van der Waals surface area contributed by atoms with Gasteiger partial charge in [0.1, 0.15) is 11.5 Å². The molecule has 1 atom stereocenters. The van der Waals surface area contributed by atoms with E-state index < -0.39 is 11.6 Å². The third-order valence-electron chi connectivity index (χ3n) is 4.14. The third kappa shape index (κ3) is 2.47. The number of hydrogen-bond donors (Lipinski definition) is 1. The highest BCUT2D eigenvalue weighted by atomic mass is 16.3. The van der Waals surface area contributed by atoms with Crippen molar-refractivity contribution in [3.05, 3.63) is 66.4 Å². The van der Waals surface area contributed by atoms with Crippen molar-refractivity contribution in [1.82, 2.24) is 25.2 Å². The van der Waals surface area contributed by atoms with Gasteiger partial charge in [-0.2, -0.15) is 15.0 Å². The average molecular weight is 337 g/mol. The molecule has 1 aliphatic rings. The molecule has 1 aliphatic heterocycles. The second kappa shape index (κ2) is 5.59. The lowest BCUT2D eigenvalue weighted by molar-refractivity contribution is -0.132. The normalized spacial score (nSPS) is 20.1. The van der Waals surface area contributed by atoms with E-state index in [0.29, 0.717) is 11.5 Å². The number of aromatic nitrogens is 3. The lowest BCUT2D eigenvalue weighted by Crippen LogP contribution is -2.40. The number of carbonyl (C=O) groups excluding carboxylic acids is 2. The molecule has 8 nitrogen and oxygen atoms in total. The zero-order valence-corrected chi connectivity index (χ0v) is 13.4. The van der Waals surface area contributed by atoms with Crippen molar-refractivity contribution in [2.45, 2.75) is 19.0 Å². The molecule has 2 aromatic heterocycles. The maximum Gasteiger partial charge on any atom is 0.325 e. The van der Waals surface area contributed by atoms with Gasteiger partial charge in [-0.05, 0) is 31.2 Å². The van der Waals surface area contributed by atoms with Gasteiger partial charge in [0.05, 0.1) is 24.7 Å². The smallest absolute Gasteiger partial charge is 0.325 e. The van der Waals surface area contributed by atoms with Gasteiger partial charge in [0.2, 0.25) is 0 Å². The number of urea groups is 1. The summed E-state index contributed by atoms with van der Waals surface area (Å²) in [5.41, 5.74) is 0.0955. The van der Waals surface area contributed by atoms with Gasteiger partial charge in [-0.25, -0.2) is 4.79 Å². The second-order valence-corrected chi connectivity index (χ2v) is 5.88. The fraction of sp³-hybridized carbons (Fsp3) is 0.176. The SMILES string of the molecule is CC1(c2ccco2)NC(=O)N(Cc2cnn(-c3ccccc3)n2)C1=O. The number of nitrogens with one attached hydrogen (secondary N) is 1. The first-order chi connectivity index (χ1) is 12.1. The fourth-order valence-electron chi connectivity index (χ4n) is 2.79. The van der Waals surface area contributed by atoms with Crippen molar-refractivity contribution in [3.8, 4) is 5.69 Å². The number of benzene rings is 1. The molecule has 1 aromatic carbocycles. The molecule has 3 aromatic rings. The molecular weight excluding hydrogens is 322 g/mol. The Morgan fingerprint density at radius 1 is 1.16 bits per heavy atom. The average Bonchev–Trinajstić information content (AvgIpc) is 3.34. The summed E-state index contributed by atoms with van der Waals surface area (Å²) in [7, 11) is 0. The van der Waals surface area contributed by atoms with E-state index in [-0.39, 0.29) is 12.5 Å². The minimum Gasteiger partial charge on any atom is -0.466 e. The van der Waals surface area contributed by atoms with E-state index >= 15 is 0 Å². The topological polar surface area (TPSA) is 93.3 Å². The van der Waals surface area contributed by atoms with Crippen LogP contribution < -0.4 is 5.32 Å². The van der Waals surface area contributed by atoms with E-state index in [1.54, 1.807) is 19.1 Å². The van der Waals surface area contributed by atoms with Gasteiger partial charge in [-0.1, -0.05) is 18.2 Å². The summed E-state index contributed by atoms with van der Waals surface area (Å²) < 4.78 is 5.31. The highest BCUT2D eigenvalue weighted by Crippen LogP contribution is 2.29. The van der Waals surface area contributed by atoms with Crippen molar-refractivity contribution >= 4 is 11.9 Å². The minimum absolute atomic E-state index is 0.0355. The Balaban J connectivity index is 1.56. The van der Waals surface area contributed by atoms with Crippen LogP contribution in [0.1, 0.15) is 18.4 Å². The molecule has 0 aliphatic carbocycles. The first-order valence-corrected chi connectivity index (χ1v) is 7.73. The molecule has 8 heteroatoms. The van der Waals surface area contributed by atoms with E-state index in [4.69, 9.17) is 4.42 Å². The van der Waals surface area contributed by atoms with E-state index in [2.05, 4.69) is 15.5 Å². The zero-order valence-electron chi connectivity index (χ0n) is 13.4. The van der Waals surface area contributed by atoms with E-state index in [1.807, 2.05) is 30.3 Å². The fourth-order valence-corrected chi connectivity index (χ4v) is 2.79. The largest absolute Gasteiger partial charge is 0.466 e. The van der Waals surface area contributed by atoms with Crippen molar-refractivity contribution in [1.29, 1.82) is 0 Å². The quantitative estimate of drug-likeness (QED) is 0.733. The van der Waals surface area contributed by atoms with Crippen LogP contribution in [-0.2, 0) is 16.9 Å². The van der Waals surface area contributed by atoms with Gasteiger partial charge < -0.3 is 9.73 Å². The Morgan fingerprint density at radius 2 is 1.96 bits per heavy atom. The summed E-state index contributed by atoms with van der Waals surface area (Å²) in [6.45, 7) is 1.65. The lowest BCUT2D eigenvalue weighted by Gasteiger charge is -2.18. The Kier molecular flexibility index (Phi) is 3.38. The van der Waals surface area contributed by atoms with Gasteiger partial charge in [-0.15, -0.1) is 0 Å². The predicted octanol–water partition coefficient (Wildman–Crippen LogP) is 1.83. The molecular formula is C17H15N5O3. The van der Waals surface area contributed by atoms with Crippen LogP contribution in [0.15, 0.2) is 59.3 Å². The van der Waals surface area contributed by atoms with E-state index in [0.717, 1.165) is 10.6 Å². The first kappa shape index (κ1) is 15.1. The van der Waals surface area contributed by atoms with E-state index in [9.17, 15) is 9.59 Å². The number of rotatable bonds is 4.